The number of aliphatic carboxylic acids is 1. The SMILES string of the molecule is O=C(O)C(CCc1ccc(-c2ccc(Cl)cc2)cc1)Oc1cccc2c1CCC2. The van der Waals surface area contributed by atoms with E-state index >= 15 is 0 Å². The van der Waals surface area contributed by atoms with Gasteiger partial charge >= 0.3 is 5.97 Å². The fourth-order valence-corrected chi connectivity index (χ4v) is 4.01. The summed E-state index contributed by atoms with van der Waals surface area (Å²) in [6, 6.07) is 21.9. The quantitative estimate of drug-likeness (QED) is 0.526. The highest BCUT2D eigenvalue weighted by atomic mass is 35.5. The minimum absolute atomic E-state index is 0.430. The van der Waals surface area contributed by atoms with Crippen molar-refractivity contribution in [3.8, 4) is 16.9 Å². The lowest BCUT2D eigenvalue weighted by Crippen LogP contribution is -2.28. The summed E-state index contributed by atoms with van der Waals surface area (Å²) in [7, 11) is 0. The molecular formula is C25H23ClO3. The Morgan fingerprint density at radius 3 is 2.34 bits per heavy atom. The van der Waals surface area contributed by atoms with Gasteiger partial charge in [-0.15, -0.1) is 0 Å². The van der Waals surface area contributed by atoms with E-state index in [1.807, 2.05) is 48.5 Å². The summed E-state index contributed by atoms with van der Waals surface area (Å²) in [5.74, 6) is -0.191. The molecule has 0 radical (unpaired) electrons. The maximum Gasteiger partial charge on any atom is 0.344 e. The first-order valence-electron chi connectivity index (χ1n) is 9.95. The molecule has 148 valence electrons. The fourth-order valence-electron chi connectivity index (χ4n) is 3.89. The molecule has 0 fully saturated rings. The van der Waals surface area contributed by atoms with Crippen LogP contribution in [-0.4, -0.2) is 17.2 Å². The summed E-state index contributed by atoms with van der Waals surface area (Å²) < 4.78 is 5.93. The number of carboxylic acid groups (broad SMARTS) is 1. The van der Waals surface area contributed by atoms with Gasteiger partial charge in [0.25, 0.3) is 0 Å². The summed E-state index contributed by atoms with van der Waals surface area (Å²) in [4.78, 5) is 11.8. The number of ether oxygens (including phenoxy) is 1. The summed E-state index contributed by atoms with van der Waals surface area (Å²) in [6.45, 7) is 0. The molecule has 4 rings (SSSR count). The average Bonchev–Trinajstić information content (AvgIpc) is 3.21. The van der Waals surface area contributed by atoms with Gasteiger partial charge in [-0.25, -0.2) is 4.79 Å². The molecule has 0 saturated heterocycles. The number of carboxylic acids is 1. The van der Waals surface area contributed by atoms with Crippen LogP contribution in [0.2, 0.25) is 5.02 Å². The molecule has 0 aliphatic heterocycles. The second-order valence-corrected chi connectivity index (χ2v) is 7.87. The molecule has 0 bridgehead atoms. The van der Waals surface area contributed by atoms with E-state index in [0.29, 0.717) is 17.9 Å². The molecule has 3 nitrogen and oxygen atoms in total. The maximum atomic E-state index is 11.8. The van der Waals surface area contributed by atoms with Crippen molar-refractivity contribution in [3.05, 3.63) is 88.4 Å². The number of rotatable bonds is 7. The van der Waals surface area contributed by atoms with Gasteiger partial charge < -0.3 is 9.84 Å². The van der Waals surface area contributed by atoms with Gasteiger partial charge in [-0.1, -0.05) is 60.1 Å². The number of aryl methyl sites for hydroxylation is 2. The Kier molecular flexibility index (Phi) is 5.86. The van der Waals surface area contributed by atoms with E-state index in [9.17, 15) is 9.90 Å². The zero-order valence-electron chi connectivity index (χ0n) is 16.1. The Hall–Kier alpha value is -2.78. The lowest BCUT2D eigenvalue weighted by Gasteiger charge is -2.17. The van der Waals surface area contributed by atoms with E-state index < -0.39 is 12.1 Å². The molecule has 0 aromatic heterocycles. The van der Waals surface area contributed by atoms with Crippen molar-refractivity contribution in [2.75, 3.05) is 0 Å². The van der Waals surface area contributed by atoms with Crippen molar-refractivity contribution in [3.63, 3.8) is 0 Å². The number of carbonyl (C=O) groups is 1. The Balaban J connectivity index is 1.41. The maximum absolute atomic E-state index is 11.8. The van der Waals surface area contributed by atoms with Crippen LogP contribution < -0.4 is 4.74 Å². The van der Waals surface area contributed by atoms with Crippen LogP contribution in [0.3, 0.4) is 0 Å². The van der Waals surface area contributed by atoms with Crippen molar-refractivity contribution in [1.82, 2.24) is 0 Å². The van der Waals surface area contributed by atoms with Gasteiger partial charge in [0.2, 0.25) is 0 Å². The van der Waals surface area contributed by atoms with Crippen LogP contribution >= 0.6 is 11.6 Å². The largest absolute Gasteiger partial charge is 0.479 e. The van der Waals surface area contributed by atoms with E-state index in [1.165, 1.54) is 11.1 Å². The van der Waals surface area contributed by atoms with Gasteiger partial charge in [0.1, 0.15) is 5.75 Å². The molecule has 1 unspecified atom stereocenters. The smallest absolute Gasteiger partial charge is 0.344 e. The Morgan fingerprint density at radius 2 is 1.66 bits per heavy atom. The molecule has 0 saturated carbocycles. The minimum Gasteiger partial charge on any atom is -0.479 e. The summed E-state index contributed by atoms with van der Waals surface area (Å²) in [6.07, 6.45) is 3.34. The van der Waals surface area contributed by atoms with E-state index in [0.717, 1.165) is 41.7 Å². The Morgan fingerprint density at radius 1 is 0.966 bits per heavy atom. The van der Waals surface area contributed by atoms with Crippen LogP contribution in [-0.2, 0) is 24.1 Å². The van der Waals surface area contributed by atoms with Crippen LogP contribution in [0, 0.1) is 0 Å². The van der Waals surface area contributed by atoms with Gasteiger partial charge in [-0.2, -0.15) is 0 Å². The van der Waals surface area contributed by atoms with Crippen molar-refractivity contribution in [1.29, 1.82) is 0 Å². The molecule has 3 aromatic carbocycles. The second-order valence-electron chi connectivity index (χ2n) is 7.43. The van der Waals surface area contributed by atoms with E-state index in [2.05, 4.69) is 18.2 Å². The lowest BCUT2D eigenvalue weighted by atomic mass is 10.0. The third kappa shape index (κ3) is 4.63. The van der Waals surface area contributed by atoms with Gasteiger partial charge in [0.05, 0.1) is 0 Å². The Labute approximate surface area is 175 Å². The highest BCUT2D eigenvalue weighted by Gasteiger charge is 2.23. The van der Waals surface area contributed by atoms with Gasteiger partial charge in [0.15, 0.2) is 6.10 Å². The highest BCUT2D eigenvalue weighted by Crippen LogP contribution is 2.31. The average molecular weight is 407 g/mol. The molecule has 0 amide bonds. The number of hydrogen-bond acceptors (Lipinski definition) is 2. The van der Waals surface area contributed by atoms with E-state index in [-0.39, 0.29) is 0 Å². The predicted molar refractivity (Wildman–Crippen MR) is 116 cm³/mol. The van der Waals surface area contributed by atoms with Crippen LogP contribution in [0.25, 0.3) is 11.1 Å². The number of hydrogen-bond donors (Lipinski definition) is 1. The summed E-state index contributed by atoms with van der Waals surface area (Å²) in [5.41, 5.74) is 5.76. The minimum atomic E-state index is -0.918. The zero-order chi connectivity index (χ0) is 20.2. The molecule has 1 N–H and O–H groups in total. The van der Waals surface area contributed by atoms with Gasteiger partial charge in [-0.3, -0.25) is 0 Å². The van der Waals surface area contributed by atoms with Crippen LogP contribution in [0.4, 0.5) is 0 Å². The topological polar surface area (TPSA) is 46.5 Å². The molecule has 1 aliphatic carbocycles. The van der Waals surface area contributed by atoms with Crippen molar-refractivity contribution in [2.45, 2.75) is 38.2 Å². The third-order valence-electron chi connectivity index (χ3n) is 5.47. The zero-order valence-corrected chi connectivity index (χ0v) is 16.9. The molecule has 0 heterocycles. The molecule has 0 spiro atoms. The van der Waals surface area contributed by atoms with Crippen LogP contribution in [0.5, 0.6) is 5.75 Å². The van der Waals surface area contributed by atoms with E-state index in [1.54, 1.807) is 0 Å². The predicted octanol–water partition coefficient (Wildman–Crippen LogP) is 5.96. The number of benzene rings is 3. The standard InChI is InChI=1S/C25H23ClO3/c26-21-14-12-19(13-15-21)18-10-7-17(8-11-18)9-16-24(25(27)28)29-23-6-2-4-20-3-1-5-22(20)23/h2,4,6-8,10-15,24H,1,3,5,9,16H2,(H,27,28). The summed E-state index contributed by atoms with van der Waals surface area (Å²) >= 11 is 5.95. The van der Waals surface area contributed by atoms with Crippen LogP contribution in [0.1, 0.15) is 29.5 Å². The number of fused-ring (bicyclic) bond motifs is 1. The van der Waals surface area contributed by atoms with Gasteiger partial charge in [0, 0.05) is 5.02 Å². The van der Waals surface area contributed by atoms with Gasteiger partial charge in [-0.05, 0) is 78.1 Å². The van der Waals surface area contributed by atoms with Crippen molar-refractivity contribution in [2.24, 2.45) is 0 Å². The Bertz CT molecular complexity index is 994. The molecular weight excluding hydrogens is 384 g/mol. The highest BCUT2D eigenvalue weighted by molar-refractivity contribution is 6.30. The normalized spacial score (nSPS) is 13.7. The van der Waals surface area contributed by atoms with Crippen LogP contribution in [0.15, 0.2) is 66.7 Å². The molecule has 1 aliphatic rings. The first-order chi connectivity index (χ1) is 14.1. The first-order valence-corrected chi connectivity index (χ1v) is 10.3. The molecule has 4 heteroatoms. The fraction of sp³-hybridized carbons (Fsp3) is 0.240. The monoisotopic (exact) mass is 406 g/mol. The first kappa shape index (κ1) is 19.5. The van der Waals surface area contributed by atoms with Crippen molar-refractivity contribution < 1.29 is 14.6 Å². The third-order valence-corrected chi connectivity index (χ3v) is 5.73. The second kappa shape index (κ2) is 8.71. The molecule has 3 aromatic rings. The van der Waals surface area contributed by atoms with E-state index in [4.69, 9.17) is 16.3 Å². The van der Waals surface area contributed by atoms with Crippen molar-refractivity contribution >= 4 is 17.6 Å². The lowest BCUT2D eigenvalue weighted by molar-refractivity contribution is -0.145. The molecule has 1 atom stereocenters. The number of halogens is 1. The molecule has 29 heavy (non-hydrogen) atoms. The summed E-state index contributed by atoms with van der Waals surface area (Å²) in [5, 5.41) is 10.4.